The fourth-order valence-corrected chi connectivity index (χ4v) is 2.05. The van der Waals surface area contributed by atoms with Crippen LogP contribution in [0.1, 0.15) is 31.7 Å². The number of Topliss-reactive ketones (excluding diaryl/α,β-unsaturated/α-hetero) is 1. The van der Waals surface area contributed by atoms with Crippen LogP contribution in [0, 0.1) is 12.0 Å². The van der Waals surface area contributed by atoms with Gasteiger partial charge in [-0.2, -0.15) is 5.10 Å². The largest absolute Gasteiger partial charge is 0.297 e. The summed E-state index contributed by atoms with van der Waals surface area (Å²) in [5.74, 6) is 3.10. The van der Waals surface area contributed by atoms with Crippen LogP contribution in [0.3, 0.4) is 0 Å². The van der Waals surface area contributed by atoms with Gasteiger partial charge in [-0.3, -0.25) is 4.79 Å². The van der Waals surface area contributed by atoms with Crippen LogP contribution in [0.4, 0.5) is 0 Å². The molecule has 0 fully saturated rings. The topological polar surface area (TPSA) is 32.7 Å². The van der Waals surface area contributed by atoms with E-state index in [1.54, 1.807) is 6.07 Å². The maximum Gasteiger partial charge on any atom is 0.161 e. The molecule has 1 aromatic carbocycles. The molecule has 19 heavy (non-hydrogen) atoms. The van der Waals surface area contributed by atoms with E-state index in [4.69, 9.17) is 11.6 Å². The number of nitrogens with zero attached hydrogens (tertiary/aromatic N) is 2. The Kier molecular flexibility index (Phi) is 4.59. The normalized spacial score (nSPS) is 14.7. The first-order valence-corrected chi connectivity index (χ1v) is 6.68. The van der Waals surface area contributed by atoms with Crippen molar-refractivity contribution < 1.29 is 4.79 Å². The van der Waals surface area contributed by atoms with Crippen molar-refractivity contribution >= 4 is 23.1 Å². The Balaban J connectivity index is 2.27. The van der Waals surface area contributed by atoms with Gasteiger partial charge in [-0.1, -0.05) is 42.6 Å². The average molecular weight is 275 g/mol. The van der Waals surface area contributed by atoms with Crippen molar-refractivity contribution in [3.8, 4) is 12.0 Å². The number of hydrogen-bond donors (Lipinski definition) is 0. The molecule has 4 heteroatoms. The lowest BCUT2D eigenvalue weighted by atomic mass is 10.0. The molecule has 0 amide bonds. The Labute approximate surface area is 118 Å². The van der Waals surface area contributed by atoms with Gasteiger partial charge >= 0.3 is 0 Å². The van der Waals surface area contributed by atoms with Crippen molar-refractivity contribution in [1.29, 1.82) is 0 Å². The van der Waals surface area contributed by atoms with E-state index in [9.17, 15) is 4.79 Å². The molecule has 1 aliphatic rings. The van der Waals surface area contributed by atoms with Crippen LogP contribution in [0.15, 0.2) is 29.4 Å². The summed E-state index contributed by atoms with van der Waals surface area (Å²) in [6.45, 7) is 2.32. The monoisotopic (exact) mass is 274 g/mol. The molecule has 0 radical (unpaired) electrons. The molecular formula is C15H15ClN2O. The van der Waals surface area contributed by atoms with Crippen LogP contribution in [-0.2, 0) is 4.79 Å². The molecule has 98 valence electrons. The number of ketones is 1. The third-order valence-corrected chi connectivity index (χ3v) is 3.03. The number of halogens is 1. The van der Waals surface area contributed by atoms with Crippen LogP contribution in [0.2, 0.25) is 5.02 Å². The Bertz CT molecular complexity index is 569. The molecule has 1 aliphatic heterocycles. The van der Waals surface area contributed by atoms with Gasteiger partial charge in [0.05, 0.1) is 12.1 Å². The third-order valence-electron chi connectivity index (χ3n) is 2.70. The van der Waals surface area contributed by atoms with E-state index >= 15 is 0 Å². The van der Waals surface area contributed by atoms with Crippen LogP contribution >= 0.6 is 11.6 Å². The first-order chi connectivity index (χ1) is 9.20. The second-order valence-corrected chi connectivity index (χ2v) is 4.75. The molecule has 0 atom stereocenters. The minimum Gasteiger partial charge on any atom is -0.297 e. The summed E-state index contributed by atoms with van der Waals surface area (Å²) in [4.78, 5) is 11.8. The van der Waals surface area contributed by atoms with Crippen molar-refractivity contribution in [2.24, 2.45) is 5.10 Å². The van der Waals surface area contributed by atoms with Gasteiger partial charge < -0.3 is 0 Å². The minimum atomic E-state index is 0.107. The summed E-state index contributed by atoms with van der Waals surface area (Å²) in [7, 11) is 0. The second-order valence-electron chi connectivity index (χ2n) is 4.34. The number of hydrazone groups is 1. The van der Waals surface area contributed by atoms with E-state index in [0.29, 0.717) is 17.2 Å². The van der Waals surface area contributed by atoms with Crippen molar-refractivity contribution in [2.45, 2.75) is 26.2 Å². The van der Waals surface area contributed by atoms with Crippen molar-refractivity contribution in [3.05, 3.63) is 34.9 Å². The molecule has 0 aliphatic carbocycles. The lowest BCUT2D eigenvalue weighted by Gasteiger charge is -2.19. The van der Waals surface area contributed by atoms with Gasteiger partial charge in [0.1, 0.15) is 6.54 Å². The van der Waals surface area contributed by atoms with Gasteiger partial charge in [-0.25, -0.2) is 5.01 Å². The number of hydrogen-bond acceptors (Lipinski definition) is 3. The zero-order valence-electron chi connectivity index (χ0n) is 10.8. The Morgan fingerprint density at radius 1 is 1.42 bits per heavy atom. The van der Waals surface area contributed by atoms with E-state index < -0.39 is 0 Å². The lowest BCUT2D eigenvalue weighted by molar-refractivity contribution is -0.118. The Hall–Kier alpha value is -1.79. The Morgan fingerprint density at radius 3 is 2.95 bits per heavy atom. The highest BCUT2D eigenvalue weighted by Gasteiger charge is 2.20. The van der Waals surface area contributed by atoms with E-state index in [1.807, 2.05) is 18.2 Å². The highest BCUT2D eigenvalue weighted by molar-refractivity contribution is 6.35. The zero-order chi connectivity index (χ0) is 13.7. The van der Waals surface area contributed by atoms with E-state index in [1.165, 1.54) is 5.01 Å². The minimum absolute atomic E-state index is 0.107. The molecule has 1 aromatic rings. The number of carbonyl (C=O) groups excluding carboxylic acids is 1. The summed E-state index contributed by atoms with van der Waals surface area (Å²) >= 11 is 6.13. The van der Waals surface area contributed by atoms with Crippen LogP contribution in [-0.4, -0.2) is 23.0 Å². The fourth-order valence-electron chi connectivity index (χ4n) is 1.81. The van der Waals surface area contributed by atoms with Crippen molar-refractivity contribution in [3.63, 3.8) is 0 Å². The van der Waals surface area contributed by atoms with E-state index in [-0.39, 0.29) is 12.3 Å². The van der Waals surface area contributed by atoms with Crippen molar-refractivity contribution in [2.75, 3.05) is 6.54 Å². The SMILES string of the molecule is CCCC#CN1CC(=O)CC(c2ccccc2Cl)=N1. The molecule has 0 saturated heterocycles. The summed E-state index contributed by atoms with van der Waals surface area (Å²) in [5.41, 5.74) is 1.49. The number of unbranched alkanes of at least 4 members (excludes halogenated alkanes) is 1. The molecule has 0 saturated carbocycles. The van der Waals surface area contributed by atoms with Gasteiger partial charge in [-0.05, 0) is 12.5 Å². The molecule has 0 unspecified atom stereocenters. The molecule has 2 rings (SSSR count). The first-order valence-electron chi connectivity index (χ1n) is 6.31. The van der Waals surface area contributed by atoms with Crippen molar-refractivity contribution in [1.82, 2.24) is 5.01 Å². The number of rotatable bonds is 2. The summed E-state index contributed by atoms with van der Waals surface area (Å²) in [6.07, 6.45) is 2.12. The predicted molar refractivity (Wildman–Crippen MR) is 77.0 cm³/mol. The zero-order valence-corrected chi connectivity index (χ0v) is 11.6. The maximum atomic E-state index is 11.8. The van der Waals surface area contributed by atoms with Gasteiger partial charge in [0.2, 0.25) is 0 Å². The van der Waals surface area contributed by atoms with Gasteiger partial charge in [0, 0.05) is 23.1 Å². The highest BCUT2D eigenvalue weighted by atomic mass is 35.5. The molecule has 0 N–H and O–H groups in total. The molecule has 1 heterocycles. The standard InChI is InChI=1S/C15H15ClN2O/c1-2-3-6-9-18-11-12(19)10-15(17-18)13-7-4-5-8-14(13)16/h4-5,7-8H,2-3,10-11H2,1H3. The first kappa shape index (κ1) is 13.6. The van der Waals surface area contributed by atoms with Gasteiger partial charge in [0.15, 0.2) is 5.78 Å². The van der Waals surface area contributed by atoms with Crippen LogP contribution < -0.4 is 0 Å². The predicted octanol–water partition coefficient (Wildman–Crippen LogP) is 3.08. The summed E-state index contributed by atoms with van der Waals surface area (Å²) in [6, 6.07) is 10.3. The lowest BCUT2D eigenvalue weighted by Crippen LogP contribution is -2.30. The molecule has 0 aromatic heterocycles. The van der Waals surface area contributed by atoms with Gasteiger partial charge in [-0.15, -0.1) is 0 Å². The van der Waals surface area contributed by atoms with Crippen LogP contribution in [0.25, 0.3) is 0 Å². The van der Waals surface area contributed by atoms with E-state index in [0.717, 1.165) is 18.4 Å². The Morgan fingerprint density at radius 2 is 2.21 bits per heavy atom. The quantitative estimate of drug-likeness (QED) is 0.777. The summed E-state index contributed by atoms with van der Waals surface area (Å²) < 4.78 is 0. The smallest absolute Gasteiger partial charge is 0.161 e. The van der Waals surface area contributed by atoms with Crippen LogP contribution in [0.5, 0.6) is 0 Å². The third kappa shape index (κ3) is 3.59. The molecule has 0 spiro atoms. The summed E-state index contributed by atoms with van der Waals surface area (Å²) in [5, 5.41) is 6.53. The van der Waals surface area contributed by atoms with Gasteiger partial charge in [0.25, 0.3) is 0 Å². The molecular weight excluding hydrogens is 260 g/mol. The number of carbonyl (C=O) groups is 1. The molecule has 3 nitrogen and oxygen atoms in total. The fraction of sp³-hybridized carbons (Fsp3) is 0.333. The molecule has 0 bridgehead atoms. The van der Waals surface area contributed by atoms with E-state index in [2.05, 4.69) is 24.0 Å². The number of benzene rings is 1. The highest BCUT2D eigenvalue weighted by Crippen LogP contribution is 2.20. The maximum absolute atomic E-state index is 11.8. The average Bonchev–Trinajstić information content (AvgIpc) is 2.39. The second kappa shape index (κ2) is 6.40.